The number of nitrogens with zero attached hydrogens (tertiary/aromatic N) is 2. The molecule has 7 heteroatoms. The van der Waals surface area contributed by atoms with Crippen LogP contribution in [0.4, 0.5) is 5.69 Å². The van der Waals surface area contributed by atoms with Crippen LogP contribution in [0.25, 0.3) is 0 Å². The summed E-state index contributed by atoms with van der Waals surface area (Å²) in [4.78, 5) is 0.255. The molecule has 0 aliphatic rings. The monoisotopic (exact) mass is 311 g/mol. The molecule has 0 spiro atoms. The second-order valence-electron chi connectivity index (χ2n) is 4.79. The number of sulfonamides is 1. The summed E-state index contributed by atoms with van der Waals surface area (Å²) in [5, 5.41) is 8.70. The summed E-state index contributed by atoms with van der Waals surface area (Å²) in [5.74, 6) is 0. The first-order valence-electron chi connectivity index (χ1n) is 6.57. The van der Waals surface area contributed by atoms with Crippen molar-refractivity contribution in [2.75, 3.05) is 32.5 Å². The number of hydrogen-bond donors (Lipinski definition) is 1. The zero-order chi connectivity index (χ0) is 16.0. The van der Waals surface area contributed by atoms with Crippen LogP contribution in [-0.4, -0.2) is 39.5 Å². The standard InChI is InChI=1S/C14H21N3O3S/c1-11-9-13(16)10-12(2)14(11)21(18,19)17(6-4-5-15)7-8-20-3/h9-10H,4,6-8,16H2,1-3H3. The molecule has 1 aromatic rings. The summed E-state index contributed by atoms with van der Waals surface area (Å²) in [5.41, 5.74) is 7.48. The van der Waals surface area contributed by atoms with E-state index in [0.29, 0.717) is 16.8 Å². The molecule has 0 aliphatic carbocycles. The van der Waals surface area contributed by atoms with Gasteiger partial charge in [0.05, 0.1) is 17.6 Å². The van der Waals surface area contributed by atoms with Crippen molar-refractivity contribution in [1.82, 2.24) is 4.31 Å². The van der Waals surface area contributed by atoms with E-state index < -0.39 is 10.0 Å². The van der Waals surface area contributed by atoms with E-state index in [0.717, 1.165) is 0 Å². The Morgan fingerprint density at radius 2 is 1.86 bits per heavy atom. The largest absolute Gasteiger partial charge is 0.399 e. The summed E-state index contributed by atoms with van der Waals surface area (Å²) in [7, 11) is -2.17. The number of nitrogens with two attached hydrogens (primary N) is 1. The molecule has 1 aromatic carbocycles. The minimum Gasteiger partial charge on any atom is -0.399 e. The van der Waals surface area contributed by atoms with Crippen molar-refractivity contribution in [2.24, 2.45) is 0 Å². The smallest absolute Gasteiger partial charge is 0.243 e. The third-order valence-electron chi connectivity index (χ3n) is 3.10. The van der Waals surface area contributed by atoms with Crippen LogP contribution < -0.4 is 5.73 Å². The number of ether oxygens (including phenoxy) is 1. The van der Waals surface area contributed by atoms with Gasteiger partial charge in [-0.15, -0.1) is 0 Å². The van der Waals surface area contributed by atoms with Crippen LogP contribution in [0.3, 0.4) is 0 Å². The van der Waals surface area contributed by atoms with Crippen LogP contribution in [0.15, 0.2) is 17.0 Å². The molecule has 0 unspecified atom stereocenters. The first-order chi connectivity index (χ1) is 9.84. The van der Waals surface area contributed by atoms with Crippen molar-refractivity contribution in [2.45, 2.75) is 25.2 Å². The zero-order valence-corrected chi connectivity index (χ0v) is 13.4. The maximum atomic E-state index is 12.8. The number of methoxy groups -OCH3 is 1. The number of nitrogen functional groups attached to an aromatic ring is 1. The number of benzene rings is 1. The molecule has 1 rings (SSSR count). The maximum absolute atomic E-state index is 12.8. The number of nitriles is 1. The van der Waals surface area contributed by atoms with Crippen LogP contribution >= 0.6 is 0 Å². The molecule has 0 fully saturated rings. The van der Waals surface area contributed by atoms with E-state index in [1.54, 1.807) is 26.0 Å². The Kier molecular flexibility index (Phi) is 6.15. The van der Waals surface area contributed by atoms with Crippen molar-refractivity contribution in [1.29, 1.82) is 5.26 Å². The SMILES string of the molecule is COCCN(CCC#N)S(=O)(=O)c1c(C)cc(N)cc1C. The average Bonchev–Trinajstić information content (AvgIpc) is 2.36. The van der Waals surface area contributed by atoms with Gasteiger partial charge in [-0.05, 0) is 37.1 Å². The third kappa shape index (κ3) is 4.17. The van der Waals surface area contributed by atoms with Crippen molar-refractivity contribution in [3.63, 3.8) is 0 Å². The summed E-state index contributed by atoms with van der Waals surface area (Å²) in [6, 6.07) is 5.24. The number of rotatable bonds is 7. The lowest BCUT2D eigenvalue weighted by molar-refractivity contribution is 0.179. The quantitative estimate of drug-likeness (QED) is 0.768. The zero-order valence-electron chi connectivity index (χ0n) is 12.6. The molecule has 21 heavy (non-hydrogen) atoms. The number of aryl methyl sites for hydroxylation is 2. The Labute approximate surface area is 126 Å². The van der Waals surface area contributed by atoms with Crippen molar-refractivity contribution >= 4 is 15.7 Å². The van der Waals surface area contributed by atoms with Crippen molar-refractivity contribution in [3.8, 4) is 6.07 Å². The highest BCUT2D eigenvalue weighted by molar-refractivity contribution is 7.89. The molecule has 116 valence electrons. The van der Waals surface area contributed by atoms with Gasteiger partial charge in [0.1, 0.15) is 0 Å². The Morgan fingerprint density at radius 3 is 2.33 bits per heavy atom. The van der Waals surface area contributed by atoms with Gasteiger partial charge in [-0.1, -0.05) is 0 Å². The molecular formula is C14H21N3O3S. The molecule has 0 aliphatic heterocycles. The van der Waals surface area contributed by atoms with Crippen LogP contribution in [0, 0.1) is 25.2 Å². The van der Waals surface area contributed by atoms with Gasteiger partial charge in [-0.3, -0.25) is 0 Å². The summed E-state index contributed by atoms with van der Waals surface area (Å²) < 4.78 is 31.9. The fraction of sp³-hybridized carbons (Fsp3) is 0.500. The van der Waals surface area contributed by atoms with Crippen LogP contribution in [-0.2, 0) is 14.8 Å². The van der Waals surface area contributed by atoms with Gasteiger partial charge >= 0.3 is 0 Å². The third-order valence-corrected chi connectivity index (χ3v) is 5.30. The Balaban J connectivity index is 3.25. The highest BCUT2D eigenvalue weighted by Crippen LogP contribution is 2.26. The summed E-state index contributed by atoms with van der Waals surface area (Å²) in [6.07, 6.45) is 0.135. The topological polar surface area (TPSA) is 96.4 Å². The van der Waals surface area contributed by atoms with Gasteiger partial charge in [-0.25, -0.2) is 8.42 Å². The Hall–Kier alpha value is -1.62. The average molecular weight is 311 g/mol. The maximum Gasteiger partial charge on any atom is 0.243 e. The molecule has 2 N–H and O–H groups in total. The minimum absolute atomic E-state index is 0.135. The van der Waals surface area contributed by atoms with Crippen molar-refractivity contribution in [3.05, 3.63) is 23.3 Å². The van der Waals surface area contributed by atoms with Gasteiger partial charge in [0.25, 0.3) is 0 Å². The van der Waals surface area contributed by atoms with E-state index in [2.05, 4.69) is 0 Å². The Bertz CT molecular complexity index is 612. The summed E-state index contributed by atoms with van der Waals surface area (Å²) in [6.45, 7) is 4.07. The highest BCUT2D eigenvalue weighted by Gasteiger charge is 2.27. The van der Waals surface area contributed by atoms with Gasteiger partial charge < -0.3 is 10.5 Å². The molecule has 0 saturated heterocycles. The molecule has 0 radical (unpaired) electrons. The number of anilines is 1. The first-order valence-corrected chi connectivity index (χ1v) is 8.01. The molecule has 6 nitrogen and oxygen atoms in total. The second kappa shape index (κ2) is 7.41. The van der Waals surface area contributed by atoms with Gasteiger partial charge in [0.2, 0.25) is 10.0 Å². The van der Waals surface area contributed by atoms with Gasteiger partial charge in [0, 0.05) is 32.3 Å². The minimum atomic E-state index is -3.68. The van der Waals surface area contributed by atoms with Crippen LogP contribution in [0.1, 0.15) is 17.5 Å². The Morgan fingerprint density at radius 1 is 1.29 bits per heavy atom. The molecule has 0 amide bonds. The van der Waals surface area contributed by atoms with Gasteiger partial charge in [-0.2, -0.15) is 9.57 Å². The molecule has 0 heterocycles. The van der Waals surface area contributed by atoms with E-state index >= 15 is 0 Å². The van der Waals surface area contributed by atoms with Crippen molar-refractivity contribution < 1.29 is 13.2 Å². The molecular weight excluding hydrogens is 290 g/mol. The normalized spacial score (nSPS) is 11.6. The molecule has 0 aromatic heterocycles. The lowest BCUT2D eigenvalue weighted by Gasteiger charge is -2.23. The van der Waals surface area contributed by atoms with Gasteiger partial charge in [0.15, 0.2) is 0 Å². The van der Waals surface area contributed by atoms with E-state index in [1.165, 1.54) is 11.4 Å². The number of hydrogen-bond acceptors (Lipinski definition) is 5. The molecule has 0 saturated carbocycles. The lowest BCUT2D eigenvalue weighted by Crippen LogP contribution is -2.35. The molecule has 0 atom stereocenters. The van der Waals surface area contributed by atoms with Crippen LogP contribution in [0.2, 0.25) is 0 Å². The predicted molar refractivity (Wildman–Crippen MR) is 81.2 cm³/mol. The van der Waals surface area contributed by atoms with E-state index in [-0.39, 0.29) is 31.0 Å². The fourth-order valence-electron chi connectivity index (χ4n) is 2.24. The predicted octanol–water partition coefficient (Wildman–Crippen LogP) is 1.44. The molecule has 0 bridgehead atoms. The van der Waals surface area contributed by atoms with E-state index in [9.17, 15) is 8.42 Å². The summed E-state index contributed by atoms with van der Waals surface area (Å²) >= 11 is 0. The first kappa shape index (κ1) is 17.4. The van der Waals surface area contributed by atoms with E-state index in [4.69, 9.17) is 15.7 Å². The second-order valence-corrected chi connectivity index (χ2v) is 6.66. The lowest BCUT2D eigenvalue weighted by atomic mass is 10.1. The van der Waals surface area contributed by atoms with E-state index in [1.807, 2.05) is 6.07 Å². The highest BCUT2D eigenvalue weighted by atomic mass is 32.2. The van der Waals surface area contributed by atoms with Crippen LogP contribution in [0.5, 0.6) is 0 Å². The fourth-order valence-corrected chi connectivity index (χ4v) is 4.08.